The van der Waals surface area contributed by atoms with Crippen LogP contribution in [0, 0.1) is 16.7 Å². The molecule has 0 spiro atoms. The van der Waals surface area contributed by atoms with E-state index in [0.717, 1.165) is 0 Å². The highest BCUT2D eigenvalue weighted by Crippen LogP contribution is 2.33. The number of rotatable bonds is 2. The van der Waals surface area contributed by atoms with Crippen molar-refractivity contribution in [3.8, 4) is 6.07 Å². The van der Waals surface area contributed by atoms with Gasteiger partial charge in [0, 0.05) is 31.5 Å². The van der Waals surface area contributed by atoms with E-state index in [-0.39, 0.29) is 12.0 Å². The number of nitrogens with zero attached hydrogens (tertiary/aromatic N) is 2. The van der Waals surface area contributed by atoms with Gasteiger partial charge in [0.05, 0.1) is 6.07 Å². The molecule has 5 nitrogen and oxygen atoms in total. The third kappa shape index (κ3) is 2.15. The molecule has 0 bridgehead atoms. The summed E-state index contributed by atoms with van der Waals surface area (Å²) in [5.41, 5.74) is -0.374. The topological polar surface area (TPSA) is 84.6 Å². The molecule has 1 aliphatic heterocycles. The maximum Gasteiger partial charge on any atom is 0.407 e. The van der Waals surface area contributed by atoms with Gasteiger partial charge in [0.25, 0.3) is 0 Å². The Labute approximate surface area is 82.6 Å². The average Bonchev–Trinajstić information content (AvgIpc) is 2.19. The van der Waals surface area contributed by atoms with Gasteiger partial charge in [-0.05, 0) is 12.8 Å². The predicted molar refractivity (Wildman–Crippen MR) is 48.6 cm³/mol. The number of likely N-dealkylation sites (tertiary alicyclic amines) is 1. The summed E-state index contributed by atoms with van der Waals surface area (Å²) >= 11 is 0. The monoisotopic (exact) mass is 198 g/mol. The normalized spacial score (nSPS) is 20.1. The van der Waals surface area contributed by atoms with Crippen LogP contribution in [0.4, 0.5) is 4.79 Å². The molecule has 0 unspecified atom stereocenters. The zero-order valence-corrected chi connectivity index (χ0v) is 7.94. The van der Waals surface area contributed by atoms with Gasteiger partial charge >= 0.3 is 6.09 Å². The van der Waals surface area contributed by atoms with Crippen LogP contribution in [0.5, 0.6) is 0 Å². The van der Waals surface area contributed by atoms with Crippen LogP contribution < -0.4 is 0 Å². The highest BCUT2D eigenvalue weighted by atomic mass is 16.4. The molecule has 0 aromatic rings. The summed E-state index contributed by atoms with van der Waals surface area (Å²) in [7, 11) is 0. The highest BCUT2D eigenvalue weighted by Gasteiger charge is 2.35. The first-order chi connectivity index (χ1) is 6.63. The molecule has 0 atom stereocenters. The fourth-order valence-corrected chi connectivity index (χ4v) is 1.73. The minimum Gasteiger partial charge on any atom is -0.465 e. The lowest BCUT2D eigenvalue weighted by atomic mass is 9.77. The third-order valence-electron chi connectivity index (χ3n) is 2.88. The van der Waals surface area contributed by atoms with Crippen LogP contribution in [0.2, 0.25) is 0 Å². The zero-order valence-electron chi connectivity index (χ0n) is 7.94. The van der Waals surface area contributed by atoms with E-state index in [0.29, 0.717) is 32.4 Å². The van der Waals surface area contributed by atoms with Gasteiger partial charge in [0.2, 0.25) is 0 Å². The molecule has 14 heavy (non-hydrogen) atoms. The summed E-state index contributed by atoms with van der Waals surface area (Å²) in [6.45, 7) is 0.795. The van der Waals surface area contributed by atoms with Crippen molar-refractivity contribution in [3.63, 3.8) is 0 Å². The summed E-state index contributed by atoms with van der Waals surface area (Å²) in [4.78, 5) is 11.9. The molecule has 2 N–H and O–H groups in total. The van der Waals surface area contributed by atoms with Crippen LogP contribution in [-0.2, 0) is 0 Å². The van der Waals surface area contributed by atoms with Gasteiger partial charge in [-0.2, -0.15) is 5.26 Å². The maximum absolute atomic E-state index is 10.6. The van der Waals surface area contributed by atoms with E-state index in [4.69, 9.17) is 10.4 Å². The molecule has 5 heteroatoms. The fourth-order valence-electron chi connectivity index (χ4n) is 1.73. The molecule has 78 valence electrons. The fraction of sp³-hybridized carbons (Fsp3) is 0.778. The summed E-state index contributed by atoms with van der Waals surface area (Å²) in [6.07, 6.45) is 0.525. The van der Waals surface area contributed by atoms with Crippen LogP contribution in [-0.4, -0.2) is 40.9 Å². The van der Waals surface area contributed by atoms with Crippen LogP contribution >= 0.6 is 0 Å². The Kier molecular flexibility index (Phi) is 3.31. The van der Waals surface area contributed by atoms with E-state index in [9.17, 15) is 9.90 Å². The summed E-state index contributed by atoms with van der Waals surface area (Å²) < 4.78 is 0. The first-order valence-electron chi connectivity index (χ1n) is 4.59. The van der Waals surface area contributed by atoms with Crippen molar-refractivity contribution >= 4 is 6.09 Å². The summed E-state index contributed by atoms with van der Waals surface area (Å²) in [6, 6.07) is 2.05. The van der Waals surface area contributed by atoms with Crippen molar-refractivity contribution in [2.75, 3.05) is 19.7 Å². The van der Waals surface area contributed by atoms with Crippen molar-refractivity contribution in [1.82, 2.24) is 4.90 Å². The van der Waals surface area contributed by atoms with Crippen molar-refractivity contribution < 1.29 is 15.0 Å². The van der Waals surface area contributed by atoms with Crippen molar-refractivity contribution in [2.45, 2.75) is 19.3 Å². The average molecular weight is 198 g/mol. The van der Waals surface area contributed by atoms with Crippen LogP contribution in [0.1, 0.15) is 19.3 Å². The number of piperidine rings is 1. The number of aliphatic hydroxyl groups excluding tert-OH is 1. The number of nitriles is 1. The first kappa shape index (κ1) is 10.8. The number of hydrogen-bond acceptors (Lipinski definition) is 3. The number of carboxylic acid groups (broad SMARTS) is 1. The van der Waals surface area contributed by atoms with Gasteiger partial charge in [-0.15, -0.1) is 0 Å². The number of carbonyl (C=O) groups is 1. The second-order valence-electron chi connectivity index (χ2n) is 3.76. The van der Waals surface area contributed by atoms with E-state index < -0.39 is 6.09 Å². The minimum absolute atomic E-state index is 0.0337. The van der Waals surface area contributed by atoms with E-state index in [1.54, 1.807) is 0 Å². The Morgan fingerprint density at radius 3 is 2.43 bits per heavy atom. The van der Waals surface area contributed by atoms with Gasteiger partial charge < -0.3 is 15.1 Å². The van der Waals surface area contributed by atoms with E-state index in [1.165, 1.54) is 4.90 Å². The Morgan fingerprint density at radius 1 is 1.50 bits per heavy atom. The largest absolute Gasteiger partial charge is 0.465 e. The zero-order chi connectivity index (χ0) is 10.6. The minimum atomic E-state index is -0.923. The molecule has 0 aliphatic carbocycles. The predicted octanol–water partition coefficient (Wildman–Crippen LogP) is 0.653. The number of aliphatic hydroxyl groups is 1. The molecule has 0 saturated carbocycles. The van der Waals surface area contributed by atoms with Gasteiger partial charge in [0.15, 0.2) is 0 Å². The molecule has 0 radical (unpaired) electrons. The Bertz CT molecular complexity index is 251. The lowest BCUT2D eigenvalue weighted by Crippen LogP contribution is -2.44. The number of amides is 1. The molecule has 1 fully saturated rings. The molecule has 1 amide bonds. The second-order valence-corrected chi connectivity index (χ2v) is 3.76. The molecule has 0 aromatic carbocycles. The quantitative estimate of drug-likeness (QED) is 0.682. The molecule has 1 heterocycles. The molecule has 1 aliphatic rings. The van der Waals surface area contributed by atoms with Crippen molar-refractivity contribution in [2.24, 2.45) is 5.41 Å². The SMILES string of the molecule is N#CCC1(CO)CCN(C(=O)O)CC1. The van der Waals surface area contributed by atoms with Gasteiger partial charge in [0.1, 0.15) is 0 Å². The van der Waals surface area contributed by atoms with E-state index in [1.807, 2.05) is 6.07 Å². The third-order valence-corrected chi connectivity index (χ3v) is 2.88. The highest BCUT2D eigenvalue weighted by molar-refractivity contribution is 5.65. The second kappa shape index (κ2) is 4.29. The Balaban J connectivity index is 2.55. The maximum atomic E-state index is 10.6. The molecular formula is C9H14N2O3. The van der Waals surface area contributed by atoms with Crippen LogP contribution in [0.25, 0.3) is 0 Å². The van der Waals surface area contributed by atoms with E-state index in [2.05, 4.69) is 0 Å². The molecule has 1 saturated heterocycles. The molecule has 0 aromatic heterocycles. The summed E-state index contributed by atoms with van der Waals surface area (Å²) in [5.74, 6) is 0. The first-order valence-corrected chi connectivity index (χ1v) is 4.59. The summed E-state index contributed by atoms with van der Waals surface area (Å²) in [5, 5.41) is 26.5. The number of hydrogen-bond donors (Lipinski definition) is 2. The smallest absolute Gasteiger partial charge is 0.407 e. The molecule has 1 rings (SSSR count). The molecular weight excluding hydrogens is 184 g/mol. The lowest BCUT2D eigenvalue weighted by molar-refractivity contribution is 0.0476. The van der Waals surface area contributed by atoms with Crippen molar-refractivity contribution in [1.29, 1.82) is 5.26 Å². The Hall–Kier alpha value is -1.28. The van der Waals surface area contributed by atoms with Gasteiger partial charge in [-0.3, -0.25) is 0 Å². The van der Waals surface area contributed by atoms with Crippen molar-refractivity contribution in [3.05, 3.63) is 0 Å². The van der Waals surface area contributed by atoms with Gasteiger partial charge in [-0.1, -0.05) is 0 Å². The van der Waals surface area contributed by atoms with Crippen LogP contribution in [0.15, 0.2) is 0 Å². The van der Waals surface area contributed by atoms with Crippen LogP contribution in [0.3, 0.4) is 0 Å². The Morgan fingerprint density at radius 2 is 2.07 bits per heavy atom. The standard InChI is InChI=1S/C9H14N2O3/c10-4-1-9(7-12)2-5-11(6-3-9)8(13)14/h12H,1-3,5-7H2,(H,13,14). The van der Waals surface area contributed by atoms with E-state index >= 15 is 0 Å². The lowest BCUT2D eigenvalue weighted by Gasteiger charge is -2.38. The van der Waals surface area contributed by atoms with Gasteiger partial charge in [-0.25, -0.2) is 4.79 Å².